The number of carboxylic acids is 1. The Kier molecular flexibility index (Phi) is 5.75. The zero-order chi connectivity index (χ0) is 21.3. The molecule has 0 aliphatic carbocycles. The molecule has 8 nitrogen and oxygen atoms in total. The maximum Gasteiger partial charge on any atom is 0.362 e. The number of aromatic carboxylic acids is 1. The van der Waals surface area contributed by atoms with Crippen molar-refractivity contribution in [2.75, 3.05) is 0 Å². The third-order valence-electron chi connectivity index (χ3n) is 3.90. The van der Waals surface area contributed by atoms with Gasteiger partial charge in [0.05, 0.1) is 21.8 Å². The lowest BCUT2D eigenvalue weighted by atomic mass is 10.1. The maximum absolute atomic E-state index is 12.6. The summed E-state index contributed by atoms with van der Waals surface area (Å²) >= 11 is 18.6. The van der Waals surface area contributed by atoms with Crippen molar-refractivity contribution < 1.29 is 9.90 Å². The fourth-order valence-electron chi connectivity index (χ4n) is 2.60. The Balaban J connectivity index is 2.26. The molecule has 0 bridgehead atoms. The SMILES string of the molecule is N#CCn1c(=O)c(C(=O)O)nn(-c2cc(Cl)c(-c3ccc(Cl)cc3)c(Cl)c2)c1=O. The van der Waals surface area contributed by atoms with E-state index in [2.05, 4.69) is 5.10 Å². The van der Waals surface area contributed by atoms with E-state index in [1.54, 1.807) is 30.3 Å². The van der Waals surface area contributed by atoms with Crippen LogP contribution in [0, 0.1) is 11.3 Å². The van der Waals surface area contributed by atoms with Gasteiger partial charge >= 0.3 is 11.7 Å². The number of nitriles is 1. The first-order valence-electron chi connectivity index (χ1n) is 7.84. The molecule has 1 N–H and O–H groups in total. The number of nitrogens with zero attached hydrogens (tertiary/aromatic N) is 4. The first-order valence-corrected chi connectivity index (χ1v) is 8.97. The zero-order valence-electron chi connectivity index (χ0n) is 14.3. The van der Waals surface area contributed by atoms with E-state index in [0.29, 0.717) is 25.4 Å². The summed E-state index contributed by atoms with van der Waals surface area (Å²) in [5.74, 6) is -1.65. The molecule has 0 fully saturated rings. The van der Waals surface area contributed by atoms with Crippen LogP contribution in [0.15, 0.2) is 46.0 Å². The Morgan fingerprint density at radius 2 is 1.69 bits per heavy atom. The lowest BCUT2D eigenvalue weighted by Gasteiger charge is -2.13. The molecular weight excluding hydrogens is 443 g/mol. The molecule has 1 aromatic heterocycles. The number of hydrogen-bond donors (Lipinski definition) is 1. The molecule has 3 rings (SSSR count). The number of hydrogen-bond acceptors (Lipinski definition) is 5. The standard InChI is InChI=1S/C18H9Cl3N4O4/c19-10-3-1-9(2-4-10)14-12(20)7-11(8-13(14)21)25-18(29)24(6-5-22)16(26)15(23-25)17(27)28/h1-4,7-8H,6H2,(H,27,28). The summed E-state index contributed by atoms with van der Waals surface area (Å²) in [7, 11) is 0. The van der Waals surface area contributed by atoms with Gasteiger partial charge < -0.3 is 5.11 Å². The Morgan fingerprint density at radius 3 is 2.21 bits per heavy atom. The molecule has 11 heteroatoms. The molecule has 0 amide bonds. The Labute approximate surface area is 177 Å². The van der Waals surface area contributed by atoms with Gasteiger partial charge in [-0.3, -0.25) is 4.79 Å². The molecule has 0 saturated heterocycles. The van der Waals surface area contributed by atoms with Crippen LogP contribution in [0.4, 0.5) is 0 Å². The number of benzene rings is 2. The minimum atomic E-state index is -1.65. The Hall–Kier alpha value is -3.12. The number of aromatic nitrogens is 3. The van der Waals surface area contributed by atoms with E-state index in [4.69, 9.17) is 40.1 Å². The van der Waals surface area contributed by atoms with Gasteiger partial charge in [0.15, 0.2) is 0 Å². The van der Waals surface area contributed by atoms with Crippen molar-refractivity contribution in [2.45, 2.75) is 6.54 Å². The van der Waals surface area contributed by atoms with Crippen molar-refractivity contribution in [3.63, 3.8) is 0 Å². The monoisotopic (exact) mass is 450 g/mol. The largest absolute Gasteiger partial charge is 0.476 e. The van der Waals surface area contributed by atoms with Gasteiger partial charge in [-0.25, -0.2) is 14.2 Å². The van der Waals surface area contributed by atoms with E-state index in [1.165, 1.54) is 12.1 Å². The Morgan fingerprint density at radius 1 is 1.10 bits per heavy atom. The molecule has 0 spiro atoms. The second kappa shape index (κ2) is 8.09. The van der Waals surface area contributed by atoms with Gasteiger partial charge in [-0.1, -0.05) is 46.9 Å². The van der Waals surface area contributed by atoms with Crippen LogP contribution in [-0.2, 0) is 6.54 Å². The van der Waals surface area contributed by atoms with Crippen LogP contribution in [0.2, 0.25) is 15.1 Å². The topological polar surface area (TPSA) is 118 Å². The van der Waals surface area contributed by atoms with E-state index in [1.807, 2.05) is 0 Å². The average molecular weight is 452 g/mol. The van der Waals surface area contributed by atoms with E-state index in [0.717, 1.165) is 0 Å². The highest BCUT2D eigenvalue weighted by molar-refractivity contribution is 6.39. The predicted molar refractivity (Wildman–Crippen MR) is 107 cm³/mol. The molecule has 0 unspecified atom stereocenters. The maximum atomic E-state index is 12.6. The van der Waals surface area contributed by atoms with Crippen LogP contribution >= 0.6 is 34.8 Å². The lowest BCUT2D eigenvalue weighted by Crippen LogP contribution is -2.43. The molecule has 0 saturated carbocycles. The first kappa shape index (κ1) is 20.6. The van der Waals surface area contributed by atoms with E-state index < -0.39 is 29.5 Å². The van der Waals surface area contributed by atoms with Gasteiger partial charge in [-0.2, -0.15) is 15.0 Å². The molecule has 0 radical (unpaired) electrons. The number of rotatable bonds is 4. The third-order valence-corrected chi connectivity index (χ3v) is 4.74. The highest BCUT2D eigenvalue weighted by Crippen LogP contribution is 2.36. The van der Waals surface area contributed by atoms with Gasteiger partial charge in [0, 0.05) is 10.6 Å². The van der Waals surface area contributed by atoms with Crippen LogP contribution in [0.25, 0.3) is 16.8 Å². The summed E-state index contributed by atoms with van der Waals surface area (Å²) in [5.41, 5.74) is -1.96. The van der Waals surface area contributed by atoms with Gasteiger partial charge in [0.25, 0.3) is 5.56 Å². The average Bonchev–Trinajstić information content (AvgIpc) is 2.66. The van der Waals surface area contributed by atoms with Gasteiger partial charge in [-0.15, -0.1) is 0 Å². The van der Waals surface area contributed by atoms with E-state index in [-0.39, 0.29) is 15.7 Å². The lowest BCUT2D eigenvalue weighted by molar-refractivity contribution is 0.0684. The third kappa shape index (κ3) is 3.89. The van der Waals surface area contributed by atoms with Gasteiger partial charge in [-0.05, 0) is 29.8 Å². The highest BCUT2D eigenvalue weighted by Gasteiger charge is 2.21. The molecular formula is C18H9Cl3N4O4. The quantitative estimate of drug-likeness (QED) is 0.650. The summed E-state index contributed by atoms with van der Waals surface area (Å²) in [5, 5.41) is 22.5. The molecule has 1 heterocycles. The molecule has 3 aromatic rings. The fraction of sp³-hybridized carbons (Fsp3) is 0.0556. The second-order valence-electron chi connectivity index (χ2n) is 5.69. The van der Waals surface area contributed by atoms with Crippen LogP contribution in [0.5, 0.6) is 0 Å². The normalized spacial score (nSPS) is 10.6. The van der Waals surface area contributed by atoms with E-state index >= 15 is 0 Å². The number of carbonyl (C=O) groups is 1. The smallest absolute Gasteiger partial charge is 0.362 e. The molecule has 146 valence electrons. The van der Waals surface area contributed by atoms with Crippen molar-refractivity contribution in [3.8, 4) is 22.9 Å². The molecule has 29 heavy (non-hydrogen) atoms. The minimum absolute atomic E-state index is 0.0249. The van der Waals surface area contributed by atoms with Crippen LogP contribution in [0.3, 0.4) is 0 Å². The summed E-state index contributed by atoms with van der Waals surface area (Å²) in [6.07, 6.45) is 0. The number of halogens is 3. The highest BCUT2D eigenvalue weighted by atomic mass is 35.5. The van der Waals surface area contributed by atoms with Crippen molar-refractivity contribution in [3.05, 3.63) is 78.0 Å². The van der Waals surface area contributed by atoms with Crippen LogP contribution in [0.1, 0.15) is 10.5 Å². The minimum Gasteiger partial charge on any atom is -0.476 e. The second-order valence-corrected chi connectivity index (χ2v) is 6.94. The number of carboxylic acid groups (broad SMARTS) is 1. The van der Waals surface area contributed by atoms with Crippen molar-refractivity contribution >= 4 is 40.8 Å². The summed E-state index contributed by atoms with van der Waals surface area (Å²) in [4.78, 5) is 36.0. The van der Waals surface area contributed by atoms with Crippen molar-refractivity contribution in [2.24, 2.45) is 0 Å². The molecule has 0 aliphatic heterocycles. The molecule has 2 aromatic carbocycles. The summed E-state index contributed by atoms with van der Waals surface area (Å²) in [6, 6.07) is 11.0. The predicted octanol–water partition coefficient (Wildman–Crippen LogP) is 3.24. The van der Waals surface area contributed by atoms with Crippen LogP contribution < -0.4 is 11.2 Å². The van der Waals surface area contributed by atoms with Gasteiger partial charge in [0.2, 0.25) is 5.69 Å². The van der Waals surface area contributed by atoms with Gasteiger partial charge in [0.1, 0.15) is 6.54 Å². The first-order chi connectivity index (χ1) is 13.7. The zero-order valence-corrected chi connectivity index (χ0v) is 16.5. The molecule has 0 aliphatic rings. The molecule has 0 atom stereocenters. The van der Waals surface area contributed by atoms with Crippen LogP contribution in [-0.4, -0.2) is 25.4 Å². The van der Waals surface area contributed by atoms with Crippen molar-refractivity contribution in [1.82, 2.24) is 14.3 Å². The summed E-state index contributed by atoms with van der Waals surface area (Å²) in [6.45, 7) is -0.648. The summed E-state index contributed by atoms with van der Waals surface area (Å²) < 4.78 is 1.12. The van der Waals surface area contributed by atoms with Crippen molar-refractivity contribution in [1.29, 1.82) is 5.26 Å². The Bertz CT molecular complexity index is 1270. The fourth-order valence-corrected chi connectivity index (χ4v) is 3.42. The van der Waals surface area contributed by atoms with E-state index in [9.17, 15) is 19.5 Å².